The SMILES string of the molecule is Fc1cccc2cccc(OC(F)F)c12. The van der Waals surface area contributed by atoms with Gasteiger partial charge in [-0.3, -0.25) is 0 Å². The molecule has 0 atom stereocenters. The van der Waals surface area contributed by atoms with Gasteiger partial charge in [-0.15, -0.1) is 0 Å². The standard InChI is InChI=1S/C11H7F3O/c12-8-5-1-3-7-4-2-6-9(10(7)8)15-11(13)14/h1-6,11H. The van der Waals surface area contributed by atoms with Gasteiger partial charge in [0.1, 0.15) is 11.6 Å². The van der Waals surface area contributed by atoms with Crippen molar-refractivity contribution < 1.29 is 17.9 Å². The number of alkyl halides is 2. The maximum atomic E-state index is 13.4. The molecule has 0 saturated carbocycles. The normalized spacial score (nSPS) is 10.9. The highest BCUT2D eigenvalue weighted by Crippen LogP contribution is 2.28. The number of hydrogen-bond acceptors (Lipinski definition) is 1. The van der Waals surface area contributed by atoms with Gasteiger partial charge in [-0.2, -0.15) is 8.78 Å². The maximum Gasteiger partial charge on any atom is 0.387 e. The molecule has 2 aromatic carbocycles. The number of ether oxygens (including phenoxy) is 1. The molecule has 0 aliphatic heterocycles. The Labute approximate surface area is 84.1 Å². The van der Waals surface area contributed by atoms with E-state index in [-0.39, 0.29) is 11.1 Å². The van der Waals surface area contributed by atoms with Crippen LogP contribution in [0.2, 0.25) is 0 Å². The quantitative estimate of drug-likeness (QED) is 0.739. The van der Waals surface area contributed by atoms with Gasteiger partial charge in [-0.1, -0.05) is 24.3 Å². The number of benzene rings is 2. The lowest BCUT2D eigenvalue weighted by Crippen LogP contribution is -2.02. The van der Waals surface area contributed by atoms with Crippen LogP contribution in [0.3, 0.4) is 0 Å². The van der Waals surface area contributed by atoms with Crippen LogP contribution in [-0.2, 0) is 0 Å². The van der Waals surface area contributed by atoms with Crippen molar-refractivity contribution in [3.63, 3.8) is 0 Å². The van der Waals surface area contributed by atoms with Crippen LogP contribution in [0.5, 0.6) is 5.75 Å². The van der Waals surface area contributed by atoms with Gasteiger partial charge in [0, 0.05) is 0 Å². The van der Waals surface area contributed by atoms with Crippen molar-refractivity contribution in [1.82, 2.24) is 0 Å². The summed E-state index contributed by atoms with van der Waals surface area (Å²) in [6, 6.07) is 8.86. The molecule has 0 spiro atoms. The number of rotatable bonds is 2. The van der Waals surface area contributed by atoms with E-state index in [9.17, 15) is 13.2 Å². The first-order valence-corrected chi connectivity index (χ1v) is 4.30. The Morgan fingerprint density at radius 2 is 1.67 bits per heavy atom. The Balaban J connectivity index is 2.63. The second-order valence-corrected chi connectivity index (χ2v) is 2.97. The zero-order valence-electron chi connectivity index (χ0n) is 7.58. The molecule has 78 valence electrons. The van der Waals surface area contributed by atoms with Gasteiger partial charge in [0.15, 0.2) is 0 Å². The molecule has 0 saturated heterocycles. The average molecular weight is 212 g/mol. The van der Waals surface area contributed by atoms with Gasteiger partial charge < -0.3 is 4.74 Å². The summed E-state index contributed by atoms with van der Waals surface area (Å²) in [6.45, 7) is -2.95. The smallest absolute Gasteiger partial charge is 0.387 e. The van der Waals surface area contributed by atoms with Gasteiger partial charge in [-0.05, 0) is 17.5 Å². The summed E-state index contributed by atoms with van der Waals surface area (Å²) in [7, 11) is 0. The molecule has 15 heavy (non-hydrogen) atoms. The molecule has 0 aliphatic rings. The molecule has 2 aromatic rings. The molecule has 0 unspecified atom stereocenters. The Bertz CT molecular complexity index is 477. The van der Waals surface area contributed by atoms with E-state index < -0.39 is 12.4 Å². The lowest BCUT2D eigenvalue weighted by atomic mass is 10.1. The van der Waals surface area contributed by atoms with Crippen LogP contribution in [-0.4, -0.2) is 6.61 Å². The molecular formula is C11H7F3O. The van der Waals surface area contributed by atoms with Crippen molar-refractivity contribution in [1.29, 1.82) is 0 Å². The monoisotopic (exact) mass is 212 g/mol. The van der Waals surface area contributed by atoms with E-state index in [1.807, 2.05) is 0 Å². The molecule has 0 fully saturated rings. The Hall–Kier alpha value is -1.71. The minimum atomic E-state index is -2.95. The van der Waals surface area contributed by atoms with Crippen LogP contribution in [0.4, 0.5) is 13.2 Å². The molecule has 4 heteroatoms. The van der Waals surface area contributed by atoms with Crippen LogP contribution in [0.1, 0.15) is 0 Å². The molecule has 2 rings (SSSR count). The fraction of sp³-hybridized carbons (Fsp3) is 0.0909. The number of halogens is 3. The minimum Gasteiger partial charge on any atom is -0.434 e. The van der Waals surface area contributed by atoms with Crippen molar-refractivity contribution >= 4 is 10.8 Å². The second-order valence-electron chi connectivity index (χ2n) is 2.97. The fourth-order valence-corrected chi connectivity index (χ4v) is 1.46. The van der Waals surface area contributed by atoms with E-state index in [0.717, 1.165) is 0 Å². The van der Waals surface area contributed by atoms with Crippen molar-refractivity contribution in [2.24, 2.45) is 0 Å². The van der Waals surface area contributed by atoms with Crippen LogP contribution >= 0.6 is 0 Å². The maximum absolute atomic E-state index is 13.4. The van der Waals surface area contributed by atoms with E-state index in [1.165, 1.54) is 18.2 Å². The van der Waals surface area contributed by atoms with Crippen LogP contribution in [0.15, 0.2) is 36.4 Å². The van der Waals surface area contributed by atoms with Gasteiger partial charge in [0.2, 0.25) is 0 Å². The summed E-state index contributed by atoms with van der Waals surface area (Å²) < 4.78 is 41.7. The third-order valence-electron chi connectivity index (χ3n) is 2.03. The number of hydrogen-bond donors (Lipinski definition) is 0. The summed E-state index contributed by atoms with van der Waals surface area (Å²) in [5, 5.41) is 0.619. The summed E-state index contributed by atoms with van der Waals surface area (Å²) in [4.78, 5) is 0. The zero-order chi connectivity index (χ0) is 10.8. The Morgan fingerprint density at radius 3 is 2.33 bits per heavy atom. The summed E-state index contributed by atoms with van der Waals surface area (Å²) in [5.74, 6) is -0.704. The molecule has 0 bridgehead atoms. The zero-order valence-corrected chi connectivity index (χ0v) is 7.58. The van der Waals surface area contributed by atoms with Crippen molar-refractivity contribution in [3.05, 3.63) is 42.2 Å². The summed E-state index contributed by atoms with van der Waals surface area (Å²) in [6.07, 6.45) is 0. The van der Waals surface area contributed by atoms with E-state index in [4.69, 9.17) is 0 Å². The van der Waals surface area contributed by atoms with E-state index in [1.54, 1.807) is 18.2 Å². The highest BCUT2D eigenvalue weighted by Gasteiger charge is 2.10. The first-order chi connectivity index (χ1) is 7.18. The predicted octanol–water partition coefficient (Wildman–Crippen LogP) is 3.58. The lowest BCUT2D eigenvalue weighted by Gasteiger charge is -2.08. The highest BCUT2D eigenvalue weighted by molar-refractivity contribution is 5.88. The van der Waals surface area contributed by atoms with Crippen LogP contribution < -0.4 is 4.74 Å². The van der Waals surface area contributed by atoms with Crippen LogP contribution in [0.25, 0.3) is 10.8 Å². The topological polar surface area (TPSA) is 9.23 Å². The van der Waals surface area contributed by atoms with Crippen molar-refractivity contribution in [3.8, 4) is 5.75 Å². The molecule has 0 aromatic heterocycles. The number of fused-ring (bicyclic) bond motifs is 1. The third-order valence-corrected chi connectivity index (χ3v) is 2.03. The predicted molar refractivity (Wildman–Crippen MR) is 50.5 cm³/mol. The van der Waals surface area contributed by atoms with Crippen molar-refractivity contribution in [2.45, 2.75) is 6.61 Å². The molecule has 0 aliphatic carbocycles. The van der Waals surface area contributed by atoms with Gasteiger partial charge in [0.25, 0.3) is 0 Å². The minimum absolute atomic E-state index is 0.0836. The Kier molecular flexibility index (Phi) is 2.49. The fourth-order valence-electron chi connectivity index (χ4n) is 1.46. The molecular weight excluding hydrogens is 205 g/mol. The first kappa shape index (κ1) is 9.83. The largest absolute Gasteiger partial charge is 0.434 e. The summed E-state index contributed by atoms with van der Waals surface area (Å²) >= 11 is 0. The molecule has 0 heterocycles. The third kappa shape index (κ3) is 1.88. The second kappa shape index (κ2) is 3.81. The molecule has 0 N–H and O–H groups in total. The van der Waals surface area contributed by atoms with Gasteiger partial charge in [-0.25, -0.2) is 4.39 Å². The van der Waals surface area contributed by atoms with Crippen molar-refractivity contribution in [2.75, 3.05) is 0 Å². The summed E-state index contributed by atoms with van der Waals surface area (Å²) in [5.41, 5.74) is 0. The first-order valence-electron chi connectivity index (χ1n) is 4.30. The Morgan fingerprint density at radius 1 is 1.00 bits per heavy atom. The lowest BCUT2D eigenvalue weighted by molar-refractivity contribution is -0.0488. The molecule has 0 amide bonds. The molecule has 0 radical (unpaired) electrons. The van der Waals surface area contributed by atoms with E-state index in [0.29, 0.717) is 5.39 Å². The van der Waals surface area contributed by atoms with Gasteiger partial charge >= 0.3 is 6.61 Å². The molecule has 1 nitrogen and oxygen atoms in total. The van der Waals surface area contributed by atoms with E-state index >= 15 is 0 Å². The average Bonchev–Trinajstić information content (AvgIpc) is 2.17. The van der Waals surface area contributed by atoms with E-state index in [2.05, 4.69) is 4.74 Å². The van der Waals surface area contributed by atoms with Crippen LogP contribution in [0, 0.1) is 5.82 Å². The van der Waals surface area contributed by atoms with Gasteiger partial charge in [0.05, 0.1) is 5.39 Å². The highest BCUT2D eigenvalue weighted by atomic mass is 19.3.